The van der Waals surface area contributed by atoms with Gasteiger partial charge in [-0.2, -0.15) is 4.31 Å². The minimum atomic E-state index is -4.11. The summed E-state index contributed by atoms with van der Waals surface area (Å²) in [7, 11) is -2.49. The van der Waals surface area contributed by atoms with E-state index < -0.39 is 34.4 Å². The van der Waals surface area contributed by atoms with E-state index in [4.69, 9.17) is 14.2 Å². The highest BCUT2D eigenvalue weighted by Gasteiger charge is 2.44. The molecular formula is C32H42N4O8S. The quantitative estimate of drug-likeness (QED) is 0.219. The van der Waals surface area contributed by atoms with Gasteiger partial charge in [-0.05, 0) is 43.4 Å². The fourth-order valence-electron chi connectivity index (χ4n) is 5.99. The molecule has 0 unspecified atom stereocenters. The van der Waals surface area contributed by atoms with E-state index in [0.29, 0.717) is 28.8 Å². The molecule has 3 aromatic rings. The Bertz CT molecular complexity index is 1620. The van der Waals surface area contributed by atoms with Gasteiger partial charge in [0, 0.05) is 31.2 Å². The van der Waals surface area contributed by atoms with Crippen molar-refractivity contribution in [3.63, 3.8) is 0 Å². The van der Waals surface area contributed by atoms with Crippen molar-refractivity contribution < 1.29 is 37.6 Å². The van der Waals surface area contributed by atoms with Crippen LogP contribution in [0.2, 0.25) is 0 Å². The first kappa shape index (κ1) is 32.9. The third kappa shape index (κ3) is 7.33. The number of hydrogen-bond acceptors (Lipinski definition) is 9. The lowest BCUT2D eigenvalue weighted by atomic mass is 10.0. The average molecular weight is 643 g/mol. The third-order valence-electron chi connectivity index (χ3n) is 8.35. The van der Waals surface area contributed by atoms with Crippen molar-refractivity contribution in [3.8, 4) is 5.88 Å². The van der Waals surface area contributed by atoms with Gasteiger partial charge in [-0.1, -0.05) is 50.2 Å². The maximum Gasteiger partial charge on any atom is 0.407 e. The summed E-state index contributed by atoms with van der Waals surface area (Å²) in [5.41, 5.74) is 2.40. The second-order valence-electron chi connectivity index (χ2n) is 12.1. The minimum Gasteiger partial charge on any atom is -0.494 e. The van der Waals surface area contributed by atoms with Crippen LogP contribution in [0.5, 0.6) is 5.88 Å². The molecule has 2 aliphatic rings. The van der Waals surface area contributed by atoms with Gasteiger partial charge in [0.2, 0.25) is 10.0 Å². The average Bonchev–Trinajstić information content (AvgIpc) is 3.71. The smallest absolute Gasteiger partial charge is 0.407 e. The number of aliphatic hydroxyl groups is 1. The van der Waals surface area contributed by atoms with E-state index in [9.17, 15) is 23.4 Å². The van der Waals surface area contributed by atoms with Gasteiger partial charge in [-0.3, -0.25) is 4.99 Å². The molecule has 244 valence electrons. The minimum absolute atomic E-state index is 0.00305. The predicted octanol–water partition coefficient (Wildman–Crippen LogP) is 3.42. The molecule has 0 bridgehead atoms. The van der Waals surface area contributed by atoms with Crippen molar-refractivity contribution in [2.45, 2.75) is 63.0 Å². The number of amides is 1. The van der Waals surface area contributed by atoms with Gasteiger partial charge in [0.15, 0.2) is 12.2 Å². The Morgan fingerprint density at radius 2 is 1.93 bits per heavy atom. The number of ether oxygens (including phenoxy) is 3. The van der Waals surface area contributed by atoms with Gasteiger partial charge in [0.1, 0.15) is 6.10 Å². The summed E-state index contributed by atoms with van der Waals surface area (Å²) in [6.45, 7) is 6.16. The number of fused-ring (bicyclic) bond motifs is 2. The number of nitrogens with one attached hydrogen (secondary N) is 2. The molecule has 1 amide bonds. The molecule has 2 aliphatic heterocycles. The molecule has 5 atom stereocenters. The van der Waals surface area contributed by atoms with Gasteiger partial charge < -0.3 is 34.7 Å². The zero-order valence-corrected chi connectivity index (χ0v) is 26.8. The van der Waals surface area contributed by atoms with Crippen LogP contribution in [0.3, 0.4) is 0 Å². The van der Waals surface area contributed by atoms with E-state index in [1.54, 1.807) is 20.0 Å². The fourth-order valence-corrected chi connectivity index (χ4v) is 7.63. The summed E-state index contributed by atoms with van der Waals surface area (Å²) in [5, 5.41) is 25.5. The molecular weight excluding hydrogens is 600 g/mol. The van der Waals surface area contributed by atoms with Crippen molar-refractivity contribution in [3.05, 3.63) is 59.7 Å². The number of carbonyl (C=O) groups is 1. The number of aromatic hydroxyl groups is 1. The fraction of sp³-hybridized carbons (Fsp3) is 0.500. The van der Waals surface area contributed by atoms with Gasteiger partial charge in [-0.25, -0.2) is 13.2 Å². The first-order valence-electron chi connectivity index (χ1n) is 15.2. The van der Waals surface area contributed by atoms with E-state index in [1.165, 1.54) is 16.4 Å². The summed E-state index contributed by atoms with van der Waals surface area (Å²) in [6, 6.07) is 13.1. The molecule has 5 rings (SSSR count). The van der Waals surface area contributed by atoms with Gasteiger partial charge in [0.25, 0.3) is 0 Å². The lowest BCUT2D eigenvalue weighted by Gasteiger charge is -2.31. The Kier molecular flexibility index (Phi) is 10.1. The second-order valence-corrected chi connectivity index (χ2v) is 14.0. The Labute approximate surface area is 263 Å². The van der Waals surface area contributed by atoms with Crippen molar-refractivity contribution in [2.24, 2.45) is 16.8 Å². The molecule has 0 saturated carbocycles. The molecule has 13 heteroatoms. The zero-order chi connectivity index (χ0) is 32.3. The van der Waals surface area contributed by atoms with Crippen LogP contribution in [-0.4, -0.2) is 97.6 Å². The van der Waals surface area contributed by atoms with Gasteiger partial charge in [-0.15, -0.1) is 0 Å². The largest absolute Gasteiger partial charge is 0.494 e. The Morgan fingerprint density at radius 3 is 2.64 bits per heavy atom. The Hall–Kier alpha value is -3.49. The SMILES string of the molecule is CN=C(C)c1c(O)[nH]c2cc(S(=O)(=O)N(CC(C)C)C[C@@H](O)[C@H](Cc3ccccc3)NC(=O)O[C@H]3CO[C@@H]4OCC[C@@H]43)ccc12. The number of alkyl carbamates (subject to hydrolysis) is 1. The predicted molar refractivity (Wildman–Crippen MR) is 169 cm³/mol. The van der Waals surface area contributed by atoms with Crippen LogP contribution in [0.1, 0.15) is 38.3 Å². The molecule has 12 nitrogen and oxygen atoms in total. The molecule has 0 spiro atoms. The molecule has 1 aromatic heterocycles. The topological polar surface area (TPSA) is 163 Å². The van der Waals surface area contributed by atoms with Crippen LogP contribution < -0.4 is 5.32 Å². The molecule has 0 aliphatic carbocycles. The van der Waals surface area contributed by atoms with Crippen molar-refractivity contribution in [1.82, 2.24) is 14.6 Å². The number of nitrogens with zero attached hydrogens (tertiary/aromatic N) is 2. The van der Waals surface area contributed by atoms with E-state index in [1.807, 2.05) is 44.2 Å². The highest BCUT2D eigenvalue weighted by atomic mass is 32.2. The monoisotopic (exact) mass is 642 g/mol. The highest BCUT2D eigenvalue weighted by molar-refractivity contribution is 7.89. The molecule has 2 aromatic carbocycles. The van der Waals surface area contributed by atoms with Crippen LogP contribution in [0.15, 0.2) is 58.4 Å². The van der Waals surface area contributed by atoms with Crippen LogP contribution in [0.25, 0.3) is 10.9 Å². The van der Waals surface area contributed by atoms with E-state index in [0.717, 1.165) is 12.0 Å². The standard InChI is InChI=1S/C32H42N4O8S/c1-19(2)16-36(45(40,41)22-10-11-23-25(15-22)34-30(38)29(23)20(3)33-4)17-27(37)26(14-21-8-6-5-7-9-21)35-32(39)44-28-18-43-31-24(28)12-13-42-31/h5-11,15,19,24,26-28,31,34,37-38H,12-14,16-18H2,1-4H3,(H,35,39)/t24-,26+,27-,28+,31+/m1/s1. The number of carbonyl (C=O) groups excluding carboxylic acids is 1. The summed E-state index contributed by atoms with van der Waals surface area (Å²) >= 11 is 0. The number of aliphatic imine (C=N–C) groups is 1. The van der Waals surface area contributed by atoms with E-state index in [-0.39, 0.29) is 55.0 Å². The number of benzene rings is 2. The molecule has 2 saturated heterocycles. The van der Waals surface area contributed by atoms with Crippen molar-refractivity contribution >= 4 is 32.7 Å². The molecule has 4 N–H and O–H groups in total. The Morgan fingerprint density at radius 1 is 1.18 bits per heavy atom. The number of aliphatic hydroxyl groups excluding tert-OH is 1. The number of aromatic nitrogens is 1. The van der Waals surface area contributed by atoms with Crippen molar-refractivity contribution in [2.75, 3.05) is 33.4 Å². The number of sulfonamides is 1. The van der Waals surface area contributed by atoms with E-state index >= 15 is 0 Å². The summed E-state index contributed by atoms with van der Waals surface area (Å²) in [6.07, 6.45) is -1.87. The number of H-pyrrole nitrogens is 1. The number of aromatic amines is 1. The van der Waals surface area contributed by atoms with Crippen LogP contribution in [-0.2, 0) is 30.7 Å². The summed E-state index contributed by atoms with van der Waals surface area (Å²) in [5.74, 6) is -0.207. The molecule has 3 heterocycles. The second kappa shape index (κ2) is 13.9. The maximum absolute atomic E-state index is 14.0. The lowest BCUT2D eigenvalue weighted by molar-refractivity contribution is -0.0907. The molecule has 45 heavy (non-hydrogen) atoms. The highest BCUT2D eigenvalue weighted by Crippen LogP contribution is 2.33. The van der Waals surface area contributed by atoms with Gasteiger partial charge in [0.05, 0.1) is 47.3 Å². The molecule has 2 fully saturated rings. The molecule has 0 radical (unpaired) electrons. The third-order valence-corrected chi connectivity index (χ3v) is 10.2. The van der Waals surface area contributed by atoms with Crippen molar-refractivity contribution in [1.29, 1.82) is 0 Å². The van der Waals surface area contributed by atoms with Crippen LogP contribution >= 0.6 is 0 Å². The first-order chi connectivity index (χ1) is 21.5. The van der Waals surface area contributed by atoms with Crippen LogP contribution in [0.4, 0.5) is 4.79 Å². The zero-order valence-electron chi connectivity index (χ0n) is 26.0. The van der Waals surface area contributed by atoms with Crippen LogP contribution in [0, 0.1) is 11.8 Å². The maximum atomic E-state index is 14.0. The number of rotatable bonds is 12. The summed E-state index contributed by atoms with van der Waals surface area (Å²) in [4.78, 5) is 20.1. The Balaban J connectivity index is 1.38. The van der Waals surface area contributed by atoms with Gasteiger partial charge >= 0.3 is 6.09 Å². The number of hydrogen-bond donors (Lipinski definition) is 4. The first-order valence-corrected chi connectivity index (χ1v) is 16.6. The normalized spacial score (nSPS) is 21.8. The summed E-state index contributed by atoms with van der Waals surface area (Å²) < 4.78 is 46.1. The van der Waals surface area contributed by atoms with E-state index in [2.05, 4.69) is 15.3 Å². The lowest BCUT2D eigenvalue weighted by Crippen LogP contribution is -2.51.